The van der Waals surface area contributed by atoms with Crippen LogP contribution in [-0.4, -0.2) is 23.8 Å². The molecule has 2 fully saturated rings. The molecule has 3 aliphatic rings. The average molecular weight is 614 g/mol. The zero-order valence-corrected chi connectivity index (χ0v) is 22.8. The van der Waals surface area contributed by atoms with Gasteiger partial charge < -0.3 is 5.32 Å². The molecule has 2 saturated heterocycles. The predicted molar refractivity (Wildman–Crippen MR) is 145 cm³/mol. The quantitative estimate of drug-likeness (QED) is 0.342. The van der Waals surface area contributed by atoms with Crippen molar-refractivity contribution in [1.29, 1.82) is 0 Å². The van der Waals surface area contributed by atoms with E-state index in [4.69, 9.17) is 58.0 Å². The lowest BCUT2D eigenvalue weighted by molar-refractivity contribution is -0.130. The Morgan fingerprint density at radius 3 is 2.24 bits per heavy atom. The van der Waals surface area contributed by atoms with Crippen LogP contribution < -0.4 is 15.5 Å². The molecule has 6 nitrogen and oxygen atoms in total. The Morgan fingerprint density at radius 2 is 1.55 bits per heavy atom. The van der Waals surface area contributed by atoms with Gasteiger partial charge in [0.1, 0.15) is 11.4 Å². The van der Waals surface area contributed by atoms with E-state index in [1.807, 2.05) is 0 Å². The van der Waals surface area contributed by atoms with Gasteiger partial charge in [-0.25, -0.2) is 9.29 Å². The van der Waals surface area contributed by atoms with Gasteiger partial charge in [0.15, 0.2) is 0 Å². The van der Waals surface area contributed by atoms with Crippen LogP contribution in [0.3, 0.4) is 0 Å². The van der Waals surface area contributed by atoms with E-state index in [0.29, 0.717) is 5.56 Å². The maximum atomic E-state index is 14.8. The third kappa shape index (κ3) is 3.68. The second-order valence-corrected chi connectivity index (χ2v) is 11.5. The van der Waals surface area contributed by atoms with Crippen molar-refractivity contribution in [1.82, 2.24) is 5.32 Å². The summed E-state index contributed by atoms with van der Waals surface area (Å²) in [6.07, 6.45) is -0.0749. The fourth-order valence-electron chi connectivity index (χ4n) is 5.87. The van der Waals surface area contributed by atoms with Crippen LogP contribution in [0.2, 0.25) is 25.1 Å². The molecule has 194 valence electrons. The third-order valence-corrected chi connectivity index (χ3v) is 8.64. The fourth-order valence-corrected chi connectivity index (χ4v) is 7.17. The predicted octanol–water partition coefficient (Wildman–Crippen LogP) is 6.26. The van der Waals surface area contributed by atoms with Gasteiger partial charge in [-0.3, -0.25) is 19.7 Å². The van der Waals surface area contributed by atoms with Crippen molar-refractivity contribution in [2.75, 3.05) is 10.2 Å². The standard InChI is InChI=1S/C26H15Cl5FN3O3/c27-10-4-11(28)6-13(5-10)35-23(36)20-19(9-14-16(30)2-1-3-18(14)32)34-26(21(20)24(35)37)15-7-12(29)8-17(31)22(15)33-25(26)38/h1-8,19-21,34H,9H2,(H,33,38). The molecule has 6 rings (SSSR count). The molecule has 3 amide bonds. The molecule has 1 spiro atoms. The number of halogens is 6. The number of hydrogen-bond acceptors (Lipinski definition) is 4. The minimum atomic E-state index is -1.71. The zero-order valence-electron chi connectivity index (χ0n) is 19.0. The topological polar surface area (TPSA) is 78.5 Å². The smallest absolute Gasteiger partial charge is 0.250 e. The highest BCUT2D eigenvalue weighted by atomic mass is 35.5. The number of hydrogen-bond donors (Lipinski definition) is 2. The number of nitrogens with one attached hydrogen (secondary N) is 2. The highest BCUT2D eigenvalue weighted by Crippen LogP contribution is 2.56. The fraction of sp³-hybridized carbons (Fsp3) is 0.192. The highest BCUT2D eigenvalue weighted by Gasteiger charge is 2.71. The molecule has 3 aromatic rings. The summed E-state index contributed by atoms with van der Waals surface area (Å²) < 4.78 is 14.8. The molecular weight excluding hydrogens is 599 g/mol. The number of rotatable bonds is 3. The minimum Gasteiger partial charge on any atom is -0.323 e. The number of nitrogens with zero attached hydrogens (tertiary/aromatic N) is 1. The molecule has 0 bridgehead atoms. The minimum absolute atomic E-state index is 0.0749. The van der Waals surface area contributed by atoms with E-state index in [1.54, 1.807) is 0 Å². The number of imide groups is 1. The summed E-state index contributed by atoms with van der Waals surface area (Å²) in [6, 6.07) is 10.7. The molecule has 12 heteroatoms. The Bertz CT molecular complexity index is 1540. The first-order valence-corrected chi connectivity index (χ1v) is 13.3. The van der Waals surface area contributed by atoms with E-state index in [1.165, 1.54) is 48.5 Å². The molecule has 0 saturated carbocycles. The van der Waals surface area contributed by atoms with E-state index in [-0.39, 0.29) is 48.5 Å². The van der Waals surface area contributed by atoms with Crippen LogP contribution in [0.4, 0.5) is 15.8 Å². The van der Waals surface area contributed by atoms with Crippen molar-refractivity contribution < 1.29 is 18.8 Å². The van der Waals surface area contributed by atoms with Gasteiger partial charge in [0.25, 0.3) is 0 Å². The van der Waals surface area contributed by atoms with Crippen molar-refractivity contribution in [3.63, 3.8) is 0 Å². The van der Waals surface area contributed by atoms with Gasteiger partial charge in [0.05, 0.1) is 28.2 Å². The molecule has 38 heavy (non-hydrogen) atoms. The molecule has 0 aromatic heterocycles. The van der Waals surface area contributed by atoms with Gasteiger partial charge in [-0.2, -0.15) is 0 Å². The lowest BCUT2D eigenvalue weighted by Gasteiger charge is -2.30. The monoisotopic (exact) mass is 611 g/mol. The second-order valence-electron chi connectivity index (χ2n) is 9.37. The van der Waals surface area contributed by atoms with Crippen LogP contribution in [-0.2, 0) is 26.3 Å². The first-order chi connectivity index (χ1) is 18.0. The lowest BCUT2D eigenvalue weighted by atomic mass is 9.76. The van der Waals surface area contributed by atoms with Crippen LogP contribution >= 0.6 is 58.0 Å². The Kier molecular flexibility index (Phi) is 6.18. The summed E-state index contributed by atoms with van der Waals surface area (Å²) in [5.74, 6) is -4.67. The maximum Gasteiger partial charge on any atom is 0.250 e. The van der Waals surface area contributed by atoms with Crippen molar-refractivity contribution >= 4 is 87.1 Å². The molecule has 4 atom stereocenters. The SMILES string of the molecule is O=C1C2C(Cc3c(F)cccc3Cl)NC3(C(=O)Nc4c(Cl)cc(Cl)cc43)C2C(=O)N1c1cc(Cl)cc(Cl)c1. The van der Waals surface area contributed by atoms with Gasteiger partial charge in [0.2, 0.25) is 17.7 Å². The van der Waals surface area contributed by atoms with E-state index in [0.717, 1.165) is 4.90 Å². The van der Waals surface area contributed by atoms with Crippen LogP contribution in [0.25, 0.3) is 0 Å². The number of fused-ring (bicyclic) bond motifs is 4. The van der Waals surface area contributed by atoms with Crippen LogP contribution in [0.1, 0.15) is 11.1 Å². The summed E-state index contributed by atoms with van der Waals surface area (Å²) >= 11 is 31.3. The van der Waals surface area contributed by atoms with Gasteiger partial charge in [-0.05, 0) is 48.9 Å². The van der Waals surface area contributed by atoms with Crippen molar-refractivity contribution in [3.8, 4) is 0 Å². The number of carbonyl (C=O) groups is 3. The Hall–Kier alpha value is -2.39. The molecule has 0 aliphatic carbocycles. The van der Waals surface area contributed by atoms with E-state index < -0.39 is 47.0 Å². The summed E-state index contributed by atoms with van der Waals surface area (Å²) in [5, 5.41) is 6.95. The molecule has 3 aliphatic heterocycles. The van der Waals surface area contributed by atoms with Gasteiger partial charge in [0, 0.05) is 37.3 Å². The van der Waals surface area contributed by atoms with Crippen molar-refractivity contribution in [2.24, 2.45) is 11.8 Å². The van der Waals surface area contributed by atoms with Gasteiger partial charge in [-0.15, -0.1) is 0 Å². The van der Waals surface area contributed by atoms with E-state index >= 15 is 0 Å². The van der Waals surface area contributed by atoms with Crippen LogP contribution in [0.15, 0.2) is 48.5 Å². The molecular formula is C26H15Cl5FN3O3. The summed E-state index contributed by atoms with van der Waals surface area (Å²) in [7, 11) is 0. The molecule has 3 aromatic carbocycles. The summed E-state index contributed by atoms with van der Waals surface area (Å²) in [4.78, 5) is 42.7. The Morgan fingerprint density at radius 1 is 0.868 bits per heavy atom. The van der Waals surface area contributed by atoms with Gasteiger partial charge in [-0.1, -0.05) is 64.1 Å². The van der Waals surface area contributed by atoms with E-state index in [2.05, 4.69) is 10.6 Å². The average Bonchev–Trinajstić information content (AvgIpc) is 3.41. The number of benzene rings is 3. The summed E-state index contributed by atoms with van der Waals surface area (Å²) in [6.45, 7) is 0. The van der Waals surface area contributed by atoms with Gasteiger partial charge >= 0.3 is 0 Å². The zero-order chi connectivity index (χ0) is 27.1. The first kappa shape index (κ1) is 25.9. The van der Waals surface area contributed by atoms with Crippen LogP contribution in [0.5, 0.6) is 0 Å². The van der Waals surface area contributed by atoms with Crippen LogP contribution in [0, 0.1) is 17.7 Å². The molecule has 2 N–H and O–H groups in total. The van der Waals surface area contributed by atoms with Crippen molar-refractivity contribution in [2.45, 2.75) is 18.0 Å². The Labute approximate surface area is 240 Å². The number of carbonyl (C=O) groups excluding carboxylic acids is 3. The number of anilines is 2. The molecule has 3 heterocycles. The molecule has 0 radical (unpaired) electrons. The third-order valence-electron chi connectivity index (χ3n) is 7.33. The van der Waals surface area contributed by atoms with Crippen molar-refractivity contribution in [3.05, 3.63) is 90.6 Å². The largest absolute Gasteiger partial charge is 0.323 e. The second kappa shape index (κ2) is 9.08. The normalized spacial score (nSPS) is 25.8. The lowest BCUT2D eigenvalue weighted by Crippen LogP contribution is -2.53. The maximum absolute atomic E-state index is 14.8. The first-order valence-electron chi connectivity index (χ1n) is 11.4. The van der Waals surface area contributed by atoms with E-state index in [9.17, 15) is 18.8 Å². The summed E-state index contributed by atoms with van der Waals surface area (Å²) in [5.41, 5.74) is -0.797. The highest BCUT2D eigenvalue weighted by molar-refractivity contribution is 6.38. The molecule has 4 unspecified atom stereocenters. The Balaban J connectivity index is 1.55. The number of amides is 3.